The van der Waals surface area contributed by atoms with Gasteiger partial charge in [-0.3, -0.25) is 19.5 Å². The lowest BCUT2D eigenvalue weighted by Crippen LogP contribution is -2.29. The van der Waals surface area contributed by atoms with Crippen molar-refractivity contribution in [2.75, 3.05) is 12.0 Å². The molecule has 1 atom stereocenters. The maximum Gasteiger partial charge on any atom is 0.300 e. The van der Waals surface area contributed by atoms with Gasteiger partial charge in [0.05, 0.1) is 18.7 Å². The Morgan fingerprint density at radius 3 is 2.45 bits per heavy atom. The van der Waals surface area contributed by atoms with E-state index in [9.17, 15) is 23.5 Å². The molecule has 168 valence electrons. The van der Waals surface area contributed by atoms with E-state index < -0.39 is 29.4 Å². The molecule has 1 N–H and O–H groups in total. The van der Waals surface area contributed by atoms with Gasteiger partial charge in [0, 0.05) is 29.7 Å². The molecule has 0 bridgehead atoms. The third kappa shape index (κ3) is 3.73. The quantitative estimate of drug-likeness (QED) is 0.357. The van der Waals surface area contributed by atoms with Gasteiger partial charge in [-0.2, -0.15) is 0 Å². The number of halogens is 2. The number of aromatic nitrogens is 1. The molecule has 8 heteroatoms. The van der Waals surface area contributed by atoms with Gasteiger partial charge >= 0.3 is 0 Å². The summed E-state index contributed by atoms with van der Waals surface area (Å²) in [4.78, 5) is 31.3. The van der Waals surface area contributed by atoms with E-state index in [1.807, 2.05) is 0 Å². The average Bonchev–Trinajstić information content (AvgIpc) is 3.07. The van der Waals surface area contributed by atoms with Gasteiger partial charge in [0.15, 0.2) is 11.6 Å². The first-order chi connectivity index (χ1) is 15.7. The highest BCUT2D eigenvalue weighted by atomic mass is 19.2. The third-order valence-corrected chi connectivity index (χ3v) is 5.62. The summed E-state index contributed by atoms with van der Waals surface area (Å²) in [5, 5.41) is 11.3. The van der Waals surface area contributed by atoms with Crippen LogP contribution in [0.4, 0.5) is 14.5 Å². The summed E-state index contributed by atoms with van der Waals surface area (Å²) in [6.07, 6.45) is 2.97. The van der Waals surface area contributed by atoms with Gasteiger partial charge in [0.1, 0.15) is 11.5 Å². The second-order valence-corrected chi connectivity index (χ2v) is 7.69. The number of benzene rings is 2. The summed E-state index contributed by atoms with van der Waals surface area (Å²) < 4.78 is 32.8. The Labute approximate surface area is 188 Å². The molecule has 1 fully saturated rings. The van der Waals surface area contributed by atoms with Crippen LogP contribution in [0.5, 0.6) is 5.75 Å². The molecule has 1 saturated heterocycles. The van der Waals surface area contributed by atoms with Crippen molar-refractivity contribution in [3.63, 3.8) is 0 Å². The van der Waals surface area contributed by atoms with Crippen LogP contribution < -0.4 is 9.64 Å². The van der Waals surface area contributed by atoms with Crippen LogP contribution in [0.3, 0.4) is 0 Å². The highest BCUT2D eigenvalue weighted by Crippen LogP contribution is 2.43. The molecule has 3 aromatic rings. The lowest BCUT2D eigenvalue weighted by atomic mass is 9.93. The molecule has 1 aromatic heterocycles. The van der Waals surface area contributed by atoms with Crippen molar-refractivity contribution in [1.82, 2.24) is 4.98 Å². The zero-order chi connectivity index (χ0) is 23.9. The molecular formula is C25H20F2N2O4. The second-order valence-electron chi connectivity index (χ2n) is 7.69. The van der Waals surface area contributed by atoms with E-state index in [1.54, 1.807) is 38.1 Å². The summed E-state index contributed by atoms with van der Waals surface area (Å²) in [7, 11) is 1.52. The number of nitrogens with zero attached hydrogens (tertiary/aromatic N) is 2. The summed E-state index contributed by atoms with van der Waals surface area (Å²) in [5.74, 6) is -3.94. The minimum absolute atomic E-state index is 0.0217. The Balaban J connectivity index is 1.97. The molecule has 1 amide bonds. The zero-order valence-electron chi connectivity index (χ0n) is 18.1. The molecule has 0 spiro atoms. The van der Waals surface area contributed by atoms with Gasteiger partial charge in [0.25, 0.3) is 11.7 Å². The number of ether oxygens (including phenoxy) is 1. The van der Waals surface area contributed by atoms with Gasteiger partial charge < -0.3 is 9.84 Å². The van der Waals surface area contributed by atoms with E-state index in [2.05, 4.69) is 4.98 Å². The van der Waals surface area contributed by atoms with Crippen molar-refractivity contribution in [2.24, 2.45) is 0 Å². The number of carbonyl (C=O) groups is 2. The monoisotopic (exact) mass is 450 g/mol. The number of hydrogen-bond donors (Lipinski definition) is 1. The van der Waals surface area contributed by atoms with Crippen molar-refractivity contribution in [3.8, 4) is 5.75 Å². The molecule has 0 radical (unpaired) electrons. The molecule has 0 aliphatic carbocycles. The molecule has 4 rings (SSSR count). The van der Waals surface area contributed by atoms with Crippen LogP contribution in [0.25, 0.3) is 5.76 Å². The SMILES string of the molecule is COc1cc(C)c(/C(O)=C2\C(=O)C(=O)N(c3ccc(F)c(F)c3)C2c2cccnc2)cc1C. The molecule has 33 heavy (non-hydrogen) atoms. The van der Waals surface area contributed by atoms with Crippen molar-refractivity contribution < 1.29 is 28.2 Å². The molecule has 2 aromatic carbocycles. The number of rotatable bonds is 4. The van der Waals surface area contributed by atoms with Crippen molar-refractivity contribution in [1.29, 1.82) is 0 Å². The van der Waals surface area contributed by atoms with Crippen molar-refractivity contribution >= 4 is 23.1 Å². The zero-order valence-corrected chi connectivity index (χ0v) is 18.1. The molecular weight excluding hydrogens is 430 g/mol. The number of anilines is 1. The fourth-order valence-electron chi connectivity index (χ4n) is 4.00. The van der Waals surface area contributed by atoms with Gasteiger partial charge in [-0.05, 0) is 60.9 Å². The molecule has 1 aliphatic rings. The van der Waals surface area contributed by atoms with Crippen molar-refractivity contribution in [2.45, 2.75) is 19.9 Å². The lowest BCUT2D eigenvalue weighted by molar-refractivity contribution is -0.132. The average molecular weight is 450 g/mol. The molecule has 1 aliphatic heterocycles. The highest BCUT2D eigenvalue weighted by Gasteiger charge is 2.47. The minimum Gasteiger partial charge on any atom is -0.507 e. The summed E-state index contributed by atoms with van der Waals surface area (Å²) in [6, 6.07) is 8.46. The Hall–Kier alpha value is -4.07. The van der Waals surface area contributed by atoms with Crippen LogP contribution >= 0.6 is 0 Å². The second kappa shape index (κ2) is 8.46. The Morgan fingerprint density at radius 2 is 1.82 bits per heavy atom. The van der Waals surface area contributed by atoms with Crippen LogP contribution in [0.2, 0.25) is 0 Å². The van der Waals surface area contributed by atoms with E-state index in [-0.39, 0.29) is 17.0 Å². The van der Waals surface area contributed by atoms with Crippen LogP contribution in [-0.2, 0) is 9.59 Å². The van der Waals surface area contributed by atoms with Gasteiger partial charge in [0.2, 0.25) is 0 Å². The number of ketones is 1. The Bertz CT molecular complexity index is 1310. The molecule has 0 saturated carbocycles. The summed E-state index contributed by atoms with van der Waals surface area (Å²) >= 11 is 0. The minimum atomic E-state index is -1.17. The van der Waals surface area contributed by atoms with E-state index in [4.69, 9.17) is 4.74 Å². The maximum atomic E-state index is 14.0. The first kappa shape index (κ1) is 22.1. The number of Topliss-reactive ketones (excluding diaryl/α,β-unsaturated/α-hetero) is 1. The first-order valence-electron chi connectivity index (χ1n) is 10.1. The number of amides is 1. The molecule has 6 nitrogen and oxygen atoms in total. The van der Waals surface area contributed by atoms with E-state index in [1.165, 1.54) is 25.6 Å². The number of aryl methyl sites for hydroxylation is 2. The first-order valence-corrected chi connectivity index (χ1v) is 10.1. The predicted molar refractivity (Wildman–Crippen MR) is 118 cm³/mol. The molecule has 1 unspecified atom stereocenters. The summed E-state index contributed by atoms with van der Waals surface area (Å²) in [5.41, 5.74) is 1.92. The smallest absolute Gasteiger partial charge is 0.300 e. The van der Waals surface area contributed by atoms with E-state index in [0.29, 0.717) is 22.4 Å². The van der Waals surface area contributed by atoms with Gasteiger partial charge in [-0.25, -0.2) is 8.78 Å². The summed E-state index contributed by atoms with van der Waals surface area (Å²) in [6.45, 7) is 3.52. The standard InChI is InChI=1S/C25H20F2N2O4/c1-13-10-20(33-3)14(2)9-17(13)23(30)21-22(15-5-4-8-28-12-15)29(25(32)24(21)31)16-6-7-18(26)19(27)11-16/h4-12,22,30H,1-3H3/b23-21+. The number of aliphatic hydroxyl groups is 1. The van der Waals surface area contributed by atoms with Crippen LogP contribution in [0.15, 0.2) is 60.4 Å². The largest absolute Gasteiger partial charge is 0.507 e. The van der Waals surface area contributed by atoms with Crippen LogP contribution in [0.1, 0.15) is 28.3 Å². The number of hydrogen-bond acceptors (Lipinski definition) is 5. The van der Waals surface area contributed by atoms with Crippen LogP contribution in [-0.4, -0.2) is 28.9 Å². The number of methoxy groups -OCH3 is 1. The predicted octanol–water partition coefficient (Wildman–Crippen LogP) is 4.61. The Morgan fingerprint density at radius 1 is 1.06 bits per heavy atom. The van der Waals surface area contributed by atoms with E-state index >= 15 is 0 Å². The van der Waals surface area contributed by atoms with Gasteiger partial charge in [-0.15, -0.1) is 0 Å². The lowest BCUT2D eigenvalue weighted by Gasteiger charge is -2.25. The van der Waals surface area contributed by atoms with Crippen LogP contribution in [0, 0.1) is 25.5 Å². The fourth-order valence-corrected chi connectivity index (χ4v) is 4.00. The van der Waals surface area contributed by atoms with Gasteiger partial charge in [-0.1, -0.05) is 6.07 Å². The topological polar surface area (TPSA) is 79.7 Å². The number of pyridine rings is 1. The van der Waals surface area contributed by atoms with Crippen molar-refractivity contribution in [3.05, 3.63) is 94.3 Å². The number of aliphatic hydroxyl groups excluding tert-OH is 1. The molecule has 2 heterocycles. The Kier molecular flexibility index (Phi) is 5.68. The normalized spacial score (nSPS) is 17.5. The number of carbonyl (C=O) groups excluding carboxylic acids is 2. The van der Waals surface area contributed by atoms with E-state index in [0.717, 1.165) is 22.6 Å². The third-order valence-electron chi connectivity index (χ3n) is 5.62. The maximum absolute atomic E-state index is 14.0. The highest BCUT2D eigenvalue weighted by molar-refractivity contribution is 6.51. The fraction of sp³-hybridized carbons (Fsp3) is 0.160.